The minimum absolute atomic E-state index is 0.0709. The van der Waals surface area contributed by atoms with Gasteiger partial charge in [0.1, 0.15) is 6.54 Å². The number of anilines is 1. The van der Waals surface area contributed by atoms with Crippen LogP contribution in [0.3, 0.4) is 0 Å². The SMILES string of the molecule is NC(=O)c1cc(N)ccc1CN=O. The second kappa shape index (κ2) is 3.66. The molecule has 4 N–H and O–H groups in total. The quantitative estimate of drug-likeness (QED) is 0.525. The van der Waals surface area contributed by atoms with Crippen molar-refractivity contribution in [1.82, 2.24) is 0 Å². The number of carbonyl (C=O) groups excluding carboxylic acids is 1. The van der Waals surface area contributed by atoms with Crippen molar-refractivity contribution in [3.63, 3.8) is 0 Å². The van der Waals surface area contributed by atoms with Gasteiger partial charge in [-0.3, -0.25) is 4.79 Å². The summed E-state index contributed by atoms with van der Waals surface area (Å²) in [5.41, 5.74) is 11.7. The van der Waals surface area contributed by atoms with Gasteiger partial charge in [0, 0.05) is 11.3 Å². The van der Waals surface area contributed by atoms with E-state index in [2.05, 4.69) is 5.18 Å². The summed E-state index contributed by atoms with van der Waals surface area (Å²) in [6.45, 7) is -0.0709. The number of benzene rings is 1. The number of carbonyl (C=O) groups is 1. The molecule has 0 saturated carbocycles. The van der Waals surface area contributed by atoms with Crippen molar-refractivity contribution in [2.45, 2.75) is 6.54 Å². The van der Waals surface area contributed by atoms with Crippen LogP contribution in [0.2, 0.25) is 0 Å². The van der Waals surface area contributed by atoms with Crippen LogP contribution in [-0.2, 0) is 6.54 Å². The van der Waals surface area contributed by atoms with Crippen LogP contribution >= 0.6 is 0 Å². The van der Waals surface area contributed by atoms with E-state index >= 15 is 0 Å². The first-order chi connectivity index (χ1) is 6.15. The number of nitroso groups, excluding NO2 is 1. The third-order valence-corrected chi connectivity index (χ3v) is 1.63. The molecular formula is C8H9N3O2. The fraction of sp³-hybridized carbons (Fsp3) is 0.125. The molecule has 0 fully saturated rings. The van der Waals surface area contributed by atoms with E-state index in [4.69, 9.17) is 11.5 Å². The average molecular weight is 179 g/mol. The summed E-state index contributed by atoms with van der Waals surface area (Å²) in [4.78, 5) is 20.9. The molecule has 5 heteroatoms. The van der Waals surface area contributed by atoms with E-state index < -0.39 is 5.91 Å². The topological polar surface area (TPSA) is 98.5 Å². The molecule has 0 aliphatic carbocycles. The molecule has 0 bridgehead atoms. The average Bonchev–Trinajstić information content (AvgIpc) is 2.08. The Morgan fingerprint density at radius 1 is 1.46 bits per heavy atom. The lowest BCUT2D eigenvalue weighted by Gasteiger charge is -2.03. The van der Waals surface area contributed by atoms with E-state index in [0.717, 1.165) is 0 Å². The lowest BCUT2D eigenvalue weighted by atomic mass is 10.1. The molecule has 0 spiro atoms. The lowest BCUT2D eigenvalue weighted by molar-refractivity contribution is 0.0999. The summed E-state index contributed by atoms with van der Waals surface area (Å²) in [6, 6.07) is 4.59. The van der Waals surface area contributed by atoms with E-state index in [1.807, 2.05) is 0 Å². The van der Waals surface area contributed by atoms with Crippen molar-refractivity contribution < 1.29 is 4.79 Å². The fourth-order valence-electron chi connectivity index (χ4n) is 1.03. The zero-order valence-electron chi connectivity index (χ0n) is 6.86. The molecule has 1 rings (SSSR count). The largest absolute Gasteiger partial charge is 0.399 e. The highest BCUT2D eigenvalue weighted by atomic mass is 16.3. The molecule has 68 valence electrons. The van der Waals surface area contributed by atoms with Crippen molar-refractivity contribution in [3.8, 4) is 0 Å². The number of primary amides is 1. The zero-order chi connectivity index (χ0) is 9.84. The van der Waals surface area contributed by atoms with Crippen LogP contribution < -0.4 is 11.5 Å². The minimum Gasteiger partial charge on any atom is -0.399 e. The van der Waals surface area contributed by atoms with E-state index in [0.29, 0.717) is 11.3 Å². The number of hydrogen-bond donors (Lipinski definition) is 2. The van der Waals surface area contributed by atoms with Crippen LogP contribution in [0.25, 0.3) is 0 Å². The first-order valence-electron chi connectivity index (χ1n) is 3.62. The molecule has 1 aromatic rings. The molecule has 0 aromatic heterocycles. The fourth-order valence-corrected chi connectivity index (χ4v) is 1.03. The Balaban J connectivity index is 3.17. The molecule has 0 radical (unpaired) electrons. The van der Waals surface area contributed by atoms with Gasteiger partial charge in [0.2, 0.25) is 5.91 Å². The predicted octanol–water partition coefficient (Wildman–Crippen LogP) is 0.634. The Labute approximate surface area is 74.7 Å². The van der Waals surface area contributed by atoms with Gasteiger partial charge in [0.25, 0.3) is 0 Å². The van der Waals surface area contributed by atoms with Gasteiger partial charge in [-0.25, -0.2) is 0 Å². The summed E-state index contributed by atoms with van der Waals surface area (Å²) in [7, 11) is 0. The first-order valence-corrected chi connectivity index (χ1v) is 3.62. The maximum Gasteiger partial charge on any atom is 0.249 e. The summed E-state index contributed by atoms with van der Waals surface area (Å²) in [5.74, 6) is -0.606. The minimum atomic E-state index is -0.606. The van der Waals surface area contributed by atoms with Crippen LogP contribution in [0.4, 0.5) is 5.69 Å². The Bertz CT molecular complexity index is 349. The molecule has 1 amide bonds. The van der Waals surface area contributed by atoms with Crippen LogP contribution in [0.15, 0.2) is 23.4 Å². The molecule has 1 aromatic carbocycles. The molecule has 13 heavy (non-hydrogen) atoms. The van der Waals surface area contributed by atoms with Crippen molar-refractivity contribution in [2.75, 3.05) is 5.73 Å². The Kier molecular flexibility index (Phi) is 2.59. The van der Waals surface area contributed by atoms with Gasteiger partial charge in [-0.1, -0.05) is 11.2 Å². The molecule has 0 unspecified atom stereocenters. The highest BCUT2D eigenvalue weighted by Crippen LogP contribution is 2.13. The van der Waals surface area contributed by atoms with Gasteiger partial charge in [-0.2, -0.15) is 4.91 Å². The third kappa shape index (κ3) is 2.02. The number of nitrogens with zero attached hydrogens (tertiary/aromatic N) is 1. The summed E-state index contributed by atoms with van der Waals surface area (Å²) in [5, 5.41) is 2.68. The highest BCUT2D eigenvalue weighted by molar-refractivity contribution is 5.95. The maximum absolute atomic E-state index is 10.9. The molecule has 0 atom stereocenters. The molecule has 0 heterocycles. The van der Waals surface area contributed by atoms with Gasteiger partial charge >= 0.3 is 0 Å². The van der Waals surface area contributed by atoms with Gasteiger partial charge < -0.3 is 11.5 Å². The molecule has 0 aliphatic heterocycles. The van der Waals surface area contributed by atoms with E-state index in [-0.39, 0.29) is 12.1 Å². The predicted molar refractivity (Wildman–Crippen MR) is 48.9 cm³/mol. The van der Waals surface area contributed by atoms with Crippen LogP contribution in [0.5, 0.6) is 0 Å². The summed E-state index contributed by atoms with van der Waals surface area (Å²) < 4.78 is 0. The Morgan fingerprint density at radius 2 is 2.15 bits per heavy atom. The third-order valence-electron chi connectivity index (χ3n) is 1.63. The Morgan fingerprint density at radius 3 is 2.69 bits per heavy atom. The first kappa shape index (κ1) is 9.18. The molecule has 0 aliphatic rings. The van der Waals surface area contributed by atoms with Gasteiger partial charge in [-0.05, 0) is 17.7 Å². The number of nitrogen functional groups attached to an aromatic ring is 1. The van der Waals surface area contributed by atoms with Crippen molar-refractivity contribution >= 4 is 11.6 Å². The standard InChI is InChI=1S/C8H9N3O2/c9-6-2-1-5(4-11-13)7(3-6)8(10)12/h1-3H,4,9H2,(H2,10,12). The van der Waals surface area contributed by atoms with Gasteiger partial charge in [0.15, 0.2) is 0 Å². The highest BCUT2D eigenvalue weighted by Gasteiger charge is 2.07. The van der Waals surface area contributed by atoms with E-state index in [1.54, 1.807) is 12.1 Å². The monoisotopic (exact) mass is 179 g/mol. The van der Waals surface area contributed by atoms with Crippen molar-refractivity contribution in [1.29, 1.82) is 0 Å². The van der Waals surface area contributed by atoms with Gasteiger partial charge in [0.05, 0.1) is 0 Å². The molecule has 5 nitrogen and oxygen atoms in total. The number of nitrogens with two attached hydrogens (primary N) is 2. The van der Waals surface area contributed by atoms with Crippen molar-refractivity contribution in [2.24, 2.45) is 10.9 Å². The lowest BCUT2D eigenvalue weighted by Crippen LogP contribution is -2.14. The van der Waals surface area contributed by atoms with Crippen LogP contribution in [0.1, 0.15) is 15.9 Å². The number of amides is 1. The number of hydrogen-bond acceptors (Lipinski definition) is 4. The number of rotatable bonds is 3. The van der Waals surface area contributed by atoms with Gasteiger partial charge in [-0.15, -0.1) is 0 Å². The molecule has 0 saturated heterocycles. The summed E-state index contributed by atoms with van der Waals surface area (Å²) in [6.07, 6.45) is 0. The van der Waals surface area contributed by atoms with E-state index in [9.17, 15) is 9.70 Å². The normalized spacial score (nSPS) is 9.54. The maximum atomic E-state index is 10.9. The molecular weight excluding hydrogens is 170 g/mol. The second-order valence-electron chi connectivity index (χ2n) is 2.57. The zero-order valence-corrected chi connectivity index (χ0v) is 6.86. The summed E-state index contributed by atoms with van der Waals surface area (Å²) >= 11 is 0. The smallest absolute Gasteiger partial charge is 0.249 e. The Hall–Kier alpha value is -1.91. The van der Waals surface area contributed by atoms with Crippen LogP contribution in [-0.4, -0.2) is 5.91 Å². The van der Waals surface area contributed by atoms with E-state index in [1.165, 1.54) is 6.07 Å². The van der Waals surface area contributed by atoms with Crippen LogP contribution in [0, 0.1) is 4.91 Å². The second-order valence-corrected chi connectivity index (χ2v) is 2.57. The van der Waals surface area contributed by atoms with Crippen molar-refractivity contribution in [3.05, 3.63) is 34.2 Å².